The van der Waals surface area contributed by atoms with Gasteiger partial charge < -0.3 is 4.74 Å². The van der Waals surface area contributed by atoms with Gasteiger partial charge in [-0.1, -0.05) is 31.0 Å². The van der Waals surface area contributed by atoms with Crippen LogP contribution in [0, 0.1) is 6.92 Å². The van der Waals surface area contributed by atoms with Gasteiger partial charge in [-0.2, -0.15) is 0 Å². The standard InChI is InChI=1S/C13H18ClO/c1-12-8-4-5-9-13(12)15-11-7-3-2-6-10-14/h4-5,8-9H,1-3,6-7,10-11H2. The van der Waals surface area contributed by atoms with Crippen LogP contribution in [0.5, 0.6) is 5.75 Å². The third-order valence-electron chi connectivity index (χ3n) is 2.26. The Bertz CT molecular complexity index is 273. The van der Waals surface area contributed by atoms with Crippen molar-refractivity contribution in [2.24, 2.45) is 0 Å². The van der Waals surface area contributed by atoms with Crippen molar-refractivity contribution < 1.29 is 4.74 Å². The van der Waals surface area contributed by atoms with Crippen LogP contribution in [0.1, 0.15) is 31.2 Å². The van der Waals surface area contributed by atoms with E-state index in [1.165, 1.54) is 12.8 Å². The summed E-state index contributed by atoms with van der Waals surface area (Å²) in [5, 5.41) is 0. The van der Waals surface area contributed by atoms with Gasteiger partial charge in [-0.25, -0.2) is 0 Å². The van der Waals surface area contributed by atoms with E-state index in [1.807, 2.05) is 24.3 Å². The van der Waals surface area contributed by atoms with Crippen molar-refractivity contribution in [2.75, 3.05) is 12.5 Å². The molecule has 1 rings (SSSR count). The Morgan fingerprint density at radius 3 is 2.53 bits per heavy atom. The molecule has 0 aliphatic heterocycles. The normalized spacial score (nSPS) is 10.3. The van der Waals surface area contributed by atoms with Crippen LogP contribution in [-0.4, -0.2) is 12.5 Å². The zero-order valence-electron chi connectivity index (χ0n) is 9.05. The number of ether oxygens (including phenoxy) is 1. The summed E-state index contributed by atoms with van der Waals surface area (Å²) < 4.78 is 5.62. The van der Waals surface area contributed by atoms with Crippen LogP contribution in [0.15, 0.2) is 24.3 Å². The maximum Gasteiger partial charge on any atom is 0.122 e. The average Bonchev–Trinajstić information content (AvgIpc) is 2.25. The quantitative estimate of drug-likeness (QED) is 0.503. The number of para-hydroxylation sites is 1. The summed E-state index contributed by atoms with van der Waals surface area (Å²) in [5.41, 5.74) is 0.957. The van der Waals surface area contributed by atoms with E-state index in [-0.39, 0.29) is 0 Å². The van der Waals surface area contributed by atoms with Crippen molar-refractivity contribution in [2.45, 2.75) is 25.7 Å². The Hall–Kier alpha value is -0.690. The van der Waals surface area contributed by atoms with Gasteiger partial charge in [0, 0.05) is 5.88 Å². The summed E-state index contributed by atoms with van der Waals surface area (Å²) in [6.07, 6.45) is 4.57. The average molecular weight is 226 g/mol. The molecule has 1 aromatic rings. The molecule has 0 aliphatic rings. The fourth-order valence-electron chi connectivity index (χ4n) is 1.38. The van der Waals surface area contributed by atoms with E-state index >= 15 is 0 Å². The van der Waals surface area contributed by atoms with Crippen LogP contribution in [0.4, 0.5) is 0 Å². The minimum Gasteiger partial charge on any atom is -0.493 e. The molecule has 0 amide bonds. The van der Waals surface area contributed by atoms with Gasteiger partial charge in [-0.3, -0.25) is 0 Å². The molecule has 83 valence electrons. The molecule has 15 heavy (non-hydrogen) atoms. The van der Waals surface area contributed by atoms with Gasteiger partial charge in [0.2, 0.25) is 0 Å². The molecule has 0 aromatic heterocycles. The molecule has 0 heterocycles. The topological polar surface area (TPSA) is 9.23 Å². The Balaban J connectivity index is 2.12. The van der Waals surface area contributed by atoms with Crippen LogP contribution in [-0.2, 0) is 0 Å². The van der Waals surface area contributed by atoms with Crippen LogP contribution >= 0.6 is 11.6 Å². The first kappa shape index (κ1) is 12.4. The fourth-order valence-corrected chi connectivity index (χ4v) is 1.57. The Morgan fingerprint density at radius 1 is 1.07 bits per heavy atom. The van der Waals surface area contributed by atoms with Gasteiger partial charge in [0.25, 0.3) is 0 Å². The van der Waals surface area contributed by atoms with E-state index in [2.05, 4.69) is 6.92 Å². The molecule has 2 heteroatoms. The monoisotopic (exact) mass is 225 g/mol. The molecule has 0 saturated carbocycles. The molecule has 0 N–H and O–H groups in total. The predicted octanol–water partition coefficient (Wildman–Crippen LogP) is 4.05. The van der Waals surface area contributed by atoms with Gasteiger partial charge in [0.1, 0.15) is 5.75 Å². The summed E-state index contributed by atoms with van der Waals surface area (Å²) >= 11 is 5.59. The van der Waals surface area contributed by atoms with Crippen LogP contribution in [0.2, 0.25) is 0 Å². The van der Waals surface area contributed by atoms with Gasteiger partial charge in [-0.05, 0) is 31.4 Å². The van der Waals surface area contributed by atoms with Gasteiger partial charge >= 0.3 is 0 Å². The summed E-state index contributed by atoms with van der Waals surface area (Å²) in [5.74, 6) is 1.66. The number of alkyl halides is 1. The Kier molecular flexibility index (Phi) is 6.26. The van der Waals surface area contributed by atoms with Crippen molar-refractivity contribution in [3.8, 4) is 5.75 Å². The first-order valence-electron chi connectivity index (χ1n) is 5.44. The molecular weight excluding hydrogens is 208 g/mol. The molecule has 1 nitrogen and oxygen atoms in total. The van der Waals surface area contributed by atoms with E-state index in [0.717, 1.165) is 36.6 Å². The first-order chi connectivity index (χ1) is 7.34. The highest BCUT2D eigenvalue weighted by atomic mass is 35.5. The lowest BCUT2D eigenvalue weighted by Gasteiger charge is -2.08. The smallest absolute Gasteiger partial charge is 0.122 e. The number of halogens is 1. The maximum absolute atomic E-state index is 5.62. The third kappa shape index (κ3) is 5.08. The summed E-state index contributed by atoms with van der Waals surface area (Å²) in [6, 6.07) is 7.86. The largest absolute Gasteiger partial charge is 0.493 e. The van der Waals surface area contributed by atoms with E-state index < -0.39 is 0 Å². The van der Waals surface area contributed by atoms with Crippen molar-refractivity contribution in [1.82, 2.24) is 0 Å². The van der Waals surface area contributed by atoms with E-state index in [4.69, 9.17) is 16.3 Å². The third-order valence-corrected chi connectivity index (χ3v) is 2.53. The molecule has 0 atom stereocenters. The number of rotatable bonds is 7. The molecule has 0 bridgehead atoms. The van der Waals surface area contributed by atoms with Gasteiger partial charge in [0.05, 0.1) is 6.61 Å². The number of hydrogen-bond acceptors (Lipinski definition) is 1. The van der Waals surface area contributed by atoms with E-state index in [1.54, 1.807) is 0 Å². The SMILES string of the molecule is [CH2]c1ccccc1OCCCCCCCl. The highest BCUT2D eigenvalue weighted by molar-refractivity contribution is 6.17. The summed E-state index contributed by atoms with van der Waals surface area (Å²) in [7, 11) is 0. The number of benzene rings is 1. The highest BCUT2D eigenvalue weighted by Crippen LogP contribution is 2.16. The zero-order valence-corrected chi connectivity index (χ0v) is 9.80. The lowest BCUT2D eigenvalue weighted by atomic mass is 10.2. The minimum atomic E-state index is 0.766. The van der Waals surface area contributed by atoms with Crippen molar-refractivity contribution in [3.63, 3.8) is 0 Å². The maximum atomic E-state index is 5.62. The van der Waals surface area contributed by atoms with Crippen LogP contribution in [0.25, 0.3) is 0 Å². The molecule has 0 saturated heterocycles. The minimum absolute atomic E-state index is 0.766. The van der Waals surface area contributed by atoms with Gasteiger partial charge in [-0.15, -0.1) is 11.6 Å². The number of unbranched alkanes of at least 4 members (excludes halogenated alkanes) is 3. The molecule has 0 aliphatic carbocycles. The summed E-state index contributed by atoms with van der Waals surface area (Å²) in [6.45, 7) is 4.68. The van der Waals surface area contributed by atoms with Crippen LogP contribution in [0.3, 0.4) is 0 Å². The molecule has 0 spiro atoms. The molecule has 0 unspecified atom stereocenters. The predicted molar refractivity (Wildman–Crippen MR) is 65.6 cm³/mol. The van der Waals surface area contributed by atoms with E-state index in [0.29, 0.717) is 0 Å². The second-order valence-corrected chi connectivity index (χ2v) is 3.94. The van der Waals surface area contributed by atoms with Crippen LogP contribution < -0.4 is 4.74 Å². The molecule has 0 fully saturated rings. The lowest BCUT2D eigenvalue weighted by Crippen LogP contribution is -1.98. The fraction of sp³-hybridized carbons (Fsp3) is 0.462. The van der Waals surface area contributed by atoms with Crippen molar-refractivity contribution >= 4 is 11.6 Å². The first-order valence-corrected chi connectivity index (χ1v) is 5.98. The second-order valence-electron chi connectivity index (χ2n) is 3.56. The molecule has 1 aromatic carbocycles. The summed E-state index contributed by atoms with van der Waals surface area (Å²) in [4.78, 5) is 0. The molecule has 1 radical (unpaired) electrons. The Labute approximate surface area is 97.4 Å². The van der Waals surface area contributed by atoms with E-state index in [9.17, 15) is 0 Å². The van der Waals surface area contributed by atoms with Crippen molar-refractivity contribution in [1.29, 1.82) is 0 Å². The van der Waals surface area contributed by atoms with Gasteiger partial charge in [0.15, 0.2) is 0 Å². The second kappa shape index (κ2) is 7.58. The number of hydrogen-bond donors (Lipinski definition) is 0. The zero-order chi connectivity index (χ0) is 10.9. The Morgan fingerprint density at radius 2 is 1.80 bits per heavy atom. The molecular formula is C13H18ClO. The van der Waals surface area contributed by atoms with Crippen molar-refractivity contribution in [3.05, 3.63) is 36.8 Å². The highest BCUT2D eigenvalue weighted by Gasteiger charge is 1.96. The lowest BCUT2D eigenvalue weighted by molar-refractivity contribution is 0.304.